The Morgan fingerprint density at radius 1 is 1.39 bits per heavy atom. The van der Waals surface area contributed by atoms with Crippen molar-refractivity contribution in [3.05, 3.63) is 29.3 Å². The first-order valence-electron chi connectivity index (χ1n) is 6.75. The van der Waals surface area contributed by atoms with Gasteiger partial charge in [0.2, 0.25) is 0 Å². The van der Waals surface area contributed by atoms with Crippen LogP contribution in [0.5, 0.6) is 5.75 Å². The third-order valence-corrected chi connectivity index (χ3v) is 5.05. The summed E-state index contributed by atoms with van der Waals surface area (Å²) in [5.41, 5.74) is 2.64. The summed E-state index contributed by atoms with van der Waals surface area (Å²) < 4.78 is 6.16. The molecule has 1 aromatic rings. The molecular weight excluding hydrogens is 242 g/mol. The van der Waals surface area contributed by atoms with Gasteiger partial charge in [0.15, 0.2) is 0 Å². The second-order valence-electron chi connectivity index (χ2n) is 5.94. The van der Waals surface area contributed by atoms with E-state index >= 15 is 0 Å². The summed E-state index contributed by atoms with van der Waals surface area (Å²) >= 11 is 2.01. The molecule has 0 radical (unpaired) electrons. The van der Waals surface area contributed by atoms with Gasteiger partial charge in [-0.15, -0.1) is 11.8 Å². The van der Waals surface area contributed by atoms with Crippen molar-refractivity contribution in [2.24, 2.45) is 0 Å². The molecule has 98 valence electrons. The molecule has 3 heteroatoms. The van der Waals surface area contributed by atoms with Crippen LogP contribution < -0.4 is 10.1 Å². The van der Waals surface area contributed by atoms with Gasteiger partial charge in [0, 0.05) is 17.2 Å². The van der Waals surface area contributed by atoms with Crippen LogP contribution in [0.25, 0.3) is 0 Å². The van der Waals surface area contributed by atoms with Crippen molar-refractivity contribution in [3.8, 4) is 5.75 Å². The zero-order chi connectivity index (χ0) is 12.8. The number of benzene rings is 1. The summed E-state index contributed by atoms with van der Waals surface area (Å²) in [6.07, 6.45) is 2.27. The van der Waals surface area contributed by atoms with Crippen LogP contribution in [0.15, 0.2) is 18.2 Å². The second kappa shape index (κ2) is 4.46. The van der Waals surface area contributed by atoms with Gasteiger partial charge in [0.05, 0.1) is 5.37 Å². The van der Waals surface area contributed by atoms with Crippen molar-refractivity contribution in [2.75, 3.05) is 6.54 Å². The Morgan fingerprint density at radius 2 is 2.22 bits per heavy atom. The zero-order valence-electron chi connectivity index (χ0n) is 11.3. The summed E-state index contributed by atoms with van der Waals surface area (Å²) in [4.78, 5) is 0. The predicted octanol–water partition coefficient (Wildman–Crippen LogP) is 3.51. The Balaban J connectivity index is 1.92. The summed E-state index contributed by atoms with van der Waals surface area (Å²) in [5, 5.41) is 4.72. The molecule has 1 N–H and O–H groups in total. The Hall–Kier alpha value is -0.670. The molecule has 2 atom stereocenters. The second-order valence-corrected chi connectivity index (χ2v) is 7.49. The Kier molecular flexibility index (Phi) is 3.07. The number of ether oxygens (including phenoxy) is 1. The molecular formula is C15H21NOS. The molecule has 0 amide bonds. The third-order valence-electron chi connectivity index (χ3n) is 3.65. The van der Waals surface area contributed by atoms with Gasteiger partial charge >= 0.3 is 0 Å². The molecule has 2 heterocycles. The zero-order valence-corrected chi connectivity index (χ0v) is 12.1. The van der Waals surface area contributed by atoms with Crippen molar-refractivity contribution in [3.63, 3.8) is 0 Å². The van der Waals surface area contributed by atoms with E-state index < -0.39 is 0 Å². The lowest BCUT2D eigenvalue weighted by atomic mass is 10.0. The minimum atomic E-state index is -0.0522. The van der Waals surface area contributed by atoms with Gasteiger partial charge in [-0.1, -0.05) is 25.1 Å². The molecule has 1 fully saturated rings. The first-order chi connectivity index (χ1) is 8.55. The van der Waals surface area contributed by atoms with Gasteiger partial charge < -0.3 is 10.1 Å². The highest BCUT2D eigenvalue weighted by atomic mass is 32.2. The molecule has 0 aromatic heterocycles. The lowest BCUT2D eigenvalue weighted by molar-refractivity contribution is 0.137. The number of thioether (sulfide) groups is 1. The number of rotatable bonds is 1. The monoisotopic (exact) mass is 263 g/mol. The number of hydrogen-bond donors (Lipinski definition) is 1. The molecule has 0 bridgehead atoms. The number of nitrogens with one attached hydrogen (secondary N) is 1. The van der Waals surface area contributed by atoms with Crippen LogP contribution in [0.3, 0.4) is 0 Å². The number of hydrogen-bond acceptors (Lipinski definition) is 3. The van der Waals surface area contributed by atoms with Crippen LogP contribution in [0.4, 0.5) is 0 Å². The highest BCUT2D eigenvalue weighted by Crippen LogP contribution is 2.44. The van der Waals surface area contributed by atoms with Gasteiger partial charge in [-0.05, 0) is 32.4 Å². The molecule has 2 unspecified atom stereocenters. The fraction of sp³-hybridized carbons (Fsp3) is 0.600. The smallest absolute Gasteiger partial charge is 0.129 e. The van der Waals surface area contributed by atoms with E-state index in [1.807, 2.05) is 11.8 Å². The van der Waals surface area contributed by atoms with Crippen molar-refractivity contribution in [1.29, 1.82) is 0 Å². The quantitative estimate of drug-likeness (QED) is 0.837. The molecule has 3 rings (SSSR count). The molecule has 0 spiro atoms. The van der Waals surface area contributed by atoms with Crippen LogP contribution in [-0.4, -0.2) is 17.4 Å². The fourth-order valence-electron chi connectivity index (χ4n) is 2.80. The van der Waals surface area contributed by atoms with Crippen LogP contribution in [0.1, 0.15) is 43.7 Å². The minimum absolute atomic E-state index is 0.0522. The molecule has 18 heavy (non-hydrogen) atoms. The summed E-state index contributed by atoms with van der Waals surface area (Å²) in [7, 11) is 0. The Labute approximate surface area is 113 Å². The summed E-state index contributed by atoms with van der Waals surface area (Å²) in [6, 6.07) is 6.58. The molecule has 2 aliphatic heterocycles. The number of para-hydroxylation sites is 1. The van der Waals surface area contributed by atoms with E-state index in [0.717, 1.165) is 24.0 Å². The summed E-state index contributed by atoms with van der Waals surface area (Å²) in [5.74, 6) is 1.13. The largest absolute Gasteiger partial charge is 0.487 e. The van der Waals surface area contributed by atoms with Crippen molar-refractivity contribution >= 4 is 11.8 Å². The van der Waals surface area contributed by atoms with E-state index in [1.54, 1.807) is 0 Å². The van der Waals surface area contributed by atoms with Crippen molar-refractivity contribution < 1.29 is 4.74 Å². The van der Waals surface area contributed by atoms with Gasteiger partial charge in [-0.2, -0.15) is 0 Å². The number of fused-ring (bicyclic) bond motifs is 1. The van der Waals surface area contributed by atoms with Crippen molar-refractivity contribution in [2.45, 2.75) is 49.8 Å². The maximum absolute atomic E-state index is 6.16. The van der Waals surface area contributed by atoms with Gasteiger partial charge in [-0.25, -0.2) is 0 Å². The van der Waals surface area contributed by atoms with Crippen LogP contribution >= 0.6 is 11.8 Å². The maximum atomic E-state index is 6.16. The highest BCUT2D eigenvalue weighted by Gasteiger charge is 2.34. The molecule has 2 nitrogen and oxygen atoms in total. The fourth-order valence-corrected chi connectivity index (χ4v) is 4.06. The third kappa shape index (κ3) is 2.26. The minimum Gasteiger partial charge on any atom is -0.487 e. The predicted molar refractivity (Wildman–Crippen MR) is 77.3 cm³/mol. The average molecular weight is 263 g/mol. The summed E-state index contributed by atoms with van der Waals surface area (Å²) in [6.45, 7) is 7.75. The standard InChI is InChI=1S/C15H21NOS/c1-10-7-8-16-14(18-10)12-6-4-5-11-9-15(2,3)17-13(11)12/h4-6,10,14,16H,7-9H2,1-3H3. The van der Waals surface area contributed by atoms with E-state index in [9.17, 15) is 0 Å². The molecule has 0 saturated carbocycles. The first kappa shape index (κ1) is 12.4. The Bertz CT molecular complexity index is 458. The van der Waals surface area contributed by atoms with Crippen LogP contribution in [0, 0.1) is 0 Å². The lowest BCUT2D eigenvalue weighted by Crippen LogP contribution is -2.29. The van der Waals surface area contributed by atoms with Crippen molar-refractivity contribution in [1.82, 2.24) is 5.32 Å². The normalized spacial score (nSPS) is 29.7. The van der Waals surface area contributed by atoms with Gasteiger partial charge in [-0.3, -0.25) is 0 Å². The van der Waals surface area contributed by atoms with Gasteiger partial charge in [0.1, 0.15) is 11.4 Å². The topological polar surface area (TPSA) is 21.3 Å². The van der Waals surface area contributed by atoms with E-state index in [0.29, 0.717) is 5.37 Å². The van der Waals surface area contributed by atoms with E-state index in [-0.39, 0.29) is 5.60 Å². The Morgan fingerprint density at radius 3 is 3.00 bits per heavy atom. The van der Waals surface area contributed by atoms with Crippen LogP contribution in [-0.2, 0) is 6.42 Å². The van der Waals surface area contributed by atoms with E-state index in [1.165, 1.54) is 17.5 Å². The molecule has 2 aliphatic rings. The van der Waals surface area contributed by atoms with E-state index in [4.69, 9.17) is 4.74 Å². The van der Waals surface area contributed by atoms with E-state index in [2.05, 4.69) is 44.3 Å². The van der Waals surface area contributed by atoms with Gasteiger partial charge in [0.25, 0.3) is 0 Å². The SMILES string of the molecule is CC1CCNC(c2cccc3c2OC(C)(C)C3)S1. The molecule has 1 aromatic carbocycles. The maximum Gasteiger partial charge on any atom is 0.129 e. The lowest BCUT2D eigenvalue weighted by Gasteiger charge is -2.29. The highest BCUT2D eigenvalue weighted by molar-refractivity contribution is 8.00. The van der Waals surface area contributed by atoms with Crippen LogP contribution in [0.2, 0.25) is 0 Å². The average Bonchev–Trinajstić information content (AvgIpc) is 2.62. The molecule has 1 saturated heterocycles. The molecule has 0 aliphatic carbocycles. The first-order valence-corrected chi connectivity index (χ1v) is 7.69.